The fraction of sp³-hybridized carbons (Fsp3) is 0.417. The number of nitrogens with one attached hydrogen (secondary N) is 1. The Labute approximate surface area is 266 Å². The zero-order valence-corrected chi connectivity index (χ0v) is 26.4. The first-order chi connectivity index (χ1) is 21.8. The van der Waals surface area contributed by atoms with Crippen molar-refractivity contribution in [2.24, 2.45) is 0 Å². The third kappa shape index (κ3) is 5.97. The number of amides is 1. The van der Waals surface area contributed by atoms with E-state index in [0.29, 0.717) is 50.5 Å². The average molecular weight is 633 g/mol. The second-order valence-electron chi connectivity index (χ2n) is 13.6. The predicted octanol–water partition coefficient (Wildman–Crippen LogP) is 7.28. The lowest BCUT2D eigenvalue weighted by molar-refractivity contribution is -0.286. The summed E-state index contributed by atoms with van der Waals surface area (Å²) < 4.78 is 56.9. The van der Waals surface area contributed by atoms with Crippen LogP contribution in [0.3, 0.4) is 0 Å². The van der Waals surface area contributed by atoms with Gasteiger partial charge in [0.1, 0.15) is 6.10 Å². The summed E-state index contributed by atoms with van der Waals surface area (Å²) >= 11 is 0. The Kier molecular flexibility index (Phi) is 7.38. The Morgan fingerprint density at radius 1 is 1.00 bits per heavy atom. The lowest BCUT2D eigenvalue weighted by Gasteiger charge is -2.28. The molecule has 1 N–H and O–H groups in total. The van der Waals surface area contributed by atoms with Crippen molar-refractivity contribution in [3.63, 3.8) is 0 Å². The van der Waals surface area contributed by atoms with Gasteiger partial charge in [-0.05, 0) is 74.2 Å². The van der Waals surface area contributed by atoms with Gasteiger partial charge in [-0.1, -0.05) is 50.2 Å². The molecule has 7 rings (SSSR count). The molecule has 4 aromatic rings. The van der Waals surface area contributed by atoms with Gasteiger partial charge in [-0.25, -0.2) is 0 Å². The number of rotatable bonds is 10. The van der Waals surface area contributed by atoms with Gasteiger partial charge in [0.25, 0.3) is 0 Å². The standard InChI is InChI=1S/C36H38F2N2O6/c1-33(2,22-42-20-23-8-6-5-7-9-23)31-17-24-16-26(11-12-28(24)40(31)19-27-21-43-34(3,4)44-27)39-32(41)35(14-15-35)25-10-13-29-30(18-25)46-36(37,38)45-29/h5-13,16-18,27H,14-15,19-22H2,1-4H3,(H,39,41)/t27-/m1/s1. The third-order valence-electron chi connectivity index (χ3n) is 9.02. The van der Waals surface area contributed by atoms with Crippen LogP contribution in [0.25, 0.3) is 10.9 Å². The van der Waals surface area contributed by atoms with Crippen molar-refractivity contribution in [1.29, 1.82) is 0 Å². The lowest BCUT2D eigenvalue weighted by Crippen LogP contribution is -2.30. The molecule has 242 valence electrons. The average Bonchev–Trinajstić information content (AvgIpc) is 3.50. The molecule has 46 heavy (non-hydrogen) atoms. The van der Waals surface area contributed by atoms with Gasteiger partial charge >= 0.3 is 6.29 Å². The smallest absolute Gasteiger partial charge is 0.395 e. The van der Waals surface area contributed by atoms with E-state index < -0.39 is 17.5 Å². The van der Waals surface area contributed by atoms with E-state index in [1.807, 2.05) is 50.2 Å². The van der Waals surface area contributed by atoms with Crippen molar-refractivity contribution in [1.82, 2.24) is 4.57 Å². The summed E-state index contributed by atoms with van der Waals surface area (Å²) in [6, 6.07) is 22.7. The van der Waals surface area contributed by atoms with Crippen LogP contribution in [0.15, 0.2) is 72.8 Å². The van der Waals surface area contributed by atoms with Crippen LogP contribution in [0.5, 0.6) is 11.5 Å². The van der Waals surface area contributed by atoms with Crippen LogP contribution in [0.1, 0.15) is 57.4 Å². The fourth-order valence-corrected chi connectivity index (χ4v) is 6.50. The first kappa shape index (κ1) is 30.7. The molecule has 0 unspecified atom stereocenters. The van der Waals surface area contributed by atoms with Crippen molar-refractivity contribution in [2.45, 2.75) is 82.7 Å². The number of carbonyl (C=O) groups is 1. The Bertz CT molecular complexity index is 1780. The van der Waals surface area contributed by atoms with Crippen molar-refractivity contribution < 1.29 is 37.3 Å². The number of ether oxygens (including phenoxy) is 5. The van der Waals surface area contributed by atoms with Crippen LogP contribution in [0, 0.1) is 0 Å². The van der Waals surface area contributed by atoms with E-state index in [9.17, 15) is 13.6 Å². The predicted molar refractivity (Wildman–Crippen MR) is 168 cm³/mol. The van der Waals surface area contributed by atoms with Gasteiger partial charge in [0.2, 0.25) is 5.91 Å². The molecule has 1 amide bonds. The third-order valence-corrected chi connectivity index (χ3v) is 9.02. The van der Waals surface area contributed by atoms with E-state index in [1.165, 1.54) is 12.1 Å². The van der Waals surface area contributed by atoms with Crippen LogP contribution in [0.2, 0.25) is 0 Å². The van der Waals surface area contributed by atoms with Crippen molar-refractivity contribution in [2.75, 3.05) is 18.5 Å². The number of hydrogen-bond donors (Lipinski definition) is 1. The van der Waals surface area contributed by atoms with Gasteiger partial charge in [0.15, 0.2) is 17.3 Å². The Hall–Kier alpha value is -3.99. The second-order valence-corrected chi connectivity index (χ2v) is 13.6. The summed E-state index contributed by atoms with van der Waals surface area (Å²) in [6.45, 7) is 10.3. The molecule has 3 heterocycles. The largest absolute Gasteiger partial charge is 0.586 e. The molecule has 1 aliphatic carbocycles. The quantitative estimate of drug-likeness (QED) is 0.198. The highest BCUT2D eigenvalue weighted by atomic mass is 19.3. The number of carbonyl (C=O) groups excluding carboxylic acids is 1. The minimum atomic E-state index is -3.71. The number of nitrogens with zero attached hydrogens (tertiary/aromatic N) is 1. The van der Waals surface area contributed by atoms with Crippen LogP contribution < -0.4 is 14.8 Å². The summed E-state index contributed by atoms with van der Waals surface area (Å²) in [5, 5.41) is 4.06. The highest BCUT2D eigenvalue weighted by Crippen LogP contribution is 2.52. The molecule has 10 heteroatoms. The summed E-state index contributed by atoms with van der Waals surface area (Å²) in [5.41, 5.74) is 3.33. The zero-order valence-electron chi connectivity index (χ0n) is 26.4. The Morgan fingerprint density at radius 3 is 2.48 bits per heavy atom. The van der Waals surface area contributed by atoms with Crippen molar-refractivity contribution in [3.05, 3.63) is 89.6 Å². The van der Waals surface area contributed by atoms with Crippen LogP contribution >= 0.6 is 0 Å². The van der Waals surface area contributed by atoms with Gasteiger partial charge in [-0.3, -0.25) is 4.79 Å². The molecular formula is C36H38F2N2O6. The van der Waals surface area contributed by atoms with E-state index >= 15 is 0 Å². The first-order valence-electron chi connectivity index (χ1n) is 15.6. The summed E-state index contributed by atoms with van der Waals surface area (Å²) in [6.07, 6.45) is -2.62. The maximum atomic E-state index is 13.6. The molecule has 0 radical (unpaired) electrons. The SMILES string of the molecule is CC1(C)OC[C@@H](Cn2c(C(C)(C)COCc3ccccc3)cc3cc(NC(=O)C4(c5ccc6c(c5)OC(F)(F)O6)CC4)ccc32)O1. The molecule has 2 fully saturated rings. The number of fused-ring (bicyclic) bond motifs is 2. The van der Waals surface area contributed by atoms with E-state index in [-0.39, 0.29) is 28.9 Å². The fourth-order valence-electron chi connectivity index (χ4n) is 6.50. The number of anilines is 1. The van der Waals surface area contributed by atoms with Gasteiger partial charge in [-0.2, -0.15) is 0 Å². The van der Waals surface area contributed by atoms with E-state index in [4.69, 9.17) is 14.2 Å². The highest BCUT2D eigenvalue weighted by molar-refractivity contribution is 6.02. The molecule has 0 bridgehead atoms. The van der Waals surface area contributed by atoms with Gasteiger partial charge in [0.05, 0.1) is 31.8 Å². The molecule has 1 atom stereocenters. The minimum Gasteiger partial charge on any atom is -0.395 e. The van der Waals surface area contributed by atoms with E-state index in [0.717, 1.165) is 22.2 Å². The Balaban J connectivity index is 1.14. The summed E-state index contributed by atoms with van der Waals surface area (Å²) in [4.78, 5) is 13.6. The number of benzene rings is 3. The van der Waals surface area contributed by atoms with E-state index in [1.54, 1.807) is 6.07 Å². The number of aromatic nitrogens is 1. The topological polar surface area (TPSA) is 80.2 Å². The van der Waals surface area contributed by atoms with E-state index in [2.05, 4.69) is 51.4 Å². The molecule has 0 spiro atoms. The normalized spacial score (nSPS) is 20.6. The number of halogens is 2. The van der Waals surface area contributed by atoms with Crippen LogP contribution in [0.4, 0.5) is 14.5 Å². The first-order valence-corrected chi connectivity index (χ1v) is 15.6. The molecule has 1 saturated carbocycles. The maximum Gasteiger partial charge on any atom is 0.586 e. The van der Waals surface area contributed by atoms with Crippen molar-refractivity contribution in [3.8, 4) is 11.5 Å². The lowest BCUT2D eigenvalue weighted by atomic mass is 9.90. The van der Waals surface area contributed by atoms with Crippen molar-refractivity contribution >= 4 is 22.5 Å². The van der Waals surface area contributed by atoms with Crippen LogP contribution in [-0.4, -0.2) is 41.9 Å². The summed E-state index contributed by atoms with van der Waals surface area (Å²) in [5.74, 6) is -0.933. The number of hydrogen-bond acceptors (Lipinski definition) is 6. The van der Waals surface area contributed by atoms with Crippen LogP contribution in [-0.2, 0) is 43.0 Å². The molecular weight excluding hydrogens is 594 g/mol. The number of alkyl halides is 2. The molecule has 2 aliphatic heterocycles. The molecule has 3 aromatic carbocycles. The van der Waals surface area contributed by atoms with Gasteiger partial charge in [-0.15, -0.1) is 8.78 Å². The molecule has 1 aromatic heterocycles. The Morgan fingerprint density at radius 2 is 1.76 bits per heavy atom. The molecule has 1 saturated heterocycles. The zero-order chi connectivity index (χ0) is 32.3. The minimum absolute atomic E-state index is 0.0396. The molecule has 8 nitrogen and oxygen atoms in total. The molecule has 3 aliphatic rings. The van der Waals surface area contributed by atoms with Gasteiger partial charge < -0.3 is 33.6 Å². The summed E-state index contributed by atoms with van der Waals surface area (Å²) in [7, 11) is 0. The maximum absolute atomic E-state index is 13.6. The second kappa shape index (κ2) is 11.1. The highest BCUT2D eigenvalue weighted by Gasteiger charge is 2.53. The monoisotopic (exact) mass is 632 g/mol. The van der Waals surface area contributed by atoms with Gasteiger partial charge in [0, 0.05) is 27.7 Å².